The van der Waals surface area contributed by atoms with Gasteiger partial charge in [-0.15, -0.1) is 11.3 Å². The first-order chi connectivity index (χ1) is 13.9. The van der Waals surface area contributed by atoms with E-state index in [1.807, 2.05) is 0 Å². The Kier molecular flexibility index (Phi) is 5.17. The molecule has 1 amide bonds. The Morgan fingerprint density at radius 1 is 1.24 bits per heavy atom. The van der Waals surface area contributed by atoms with E-state index in [4.69, 9.17) is 11.6 Å². The Bertz CT molecular complexity index is 1300. The third-order valence-corrected chi connectivity index (χ3v) is 5.88. The lowest BCUT2D eigenvalue weighted by Gasteiger charge is -2.06. The fourth-order valence-electron chi connectivity index (χ4n) is 3.07. The summed E-state index contributed by atoms with van der Waals surface area (Å²) in [5.74, 6) is -0.694. The van der Waals surface area contributed by atoms with E-state index in [1.54, 1.807) is 43.3 Å². The lowest BCUT2D eigenvalue weighted by molar-refractivity contribution is 0.103. The number of nitrogens with one attached hydrogen (secondary N) is 1. The molecule has 8 heteroatoms. The second-order valence-electron chi connectivity index (χ2n) is 6.51. The molecule has 0 atom stereocenters. The number of halogens is 2. The number of hydrogen-bond donors (Lipinski definition) is 1. The summed E-state index contributed by atoms with van der Waals surface area (Å²) in [6, 6.07) is 12.9. The summed E-state index contributed by atoms with van der Waals surface area (Å²) in [4.78, 5) is 30.9. The summed E-state index contributed by atoms with van der Waals surface area (Å²) in [6.45, 7) is 1.92. The van der Waals surface area contributed by atoms with Crippen LogP contribution in [0.25, 0.3) is 10.2 Å². The summed E-state index contributed by atoms with van der Waals surface area (Å²) in [6.07, 6.45) is 1.42. The van der Waals surface area contributed by atoms with Gasteiger partial charge in [0, 0.05) is 10.7 Å². The van der Waals surface area contributed by atoms with E-state index in [2.05, 4.69) is 10.3 Å². The highest BCUT2D eigenvalue weighted by Gasteiger charge is 2.20. The summed E-state index contributed by atoms with van der Waals surface area (Å²) < 4.78 is 14.8. The number of aromatic nitrogens is 2. The molecule has 0 fully saturated rings. The Balaban J connectivity index is 1.69. The summed E-state index contributed by atoms with van der Waals surface area (Å²) >= 11 is 7.12. The van der Waals surface area contributed by atoms with Gasteiger partial charge in [-0.05, 0) is 48.4 Å². The SMILES string of the molecule is Cc1c(C(=O)Nc2cccc(Cl)c2)sc2ncn(Cc3cccc(F)c3)c(=O)c12. The van der Waals surface area contributed by atoms with E-state index in [1.165, 1.54) is 23.0 Å². The van der Waals surface area contributed by atoms with E-state index in [0.29, 0.717) is 36.9 Å². The van der Waals surface area contributed by atoms with Gasteiger partial charge in [0.2, 0.25) is 0 Å². The van der Waals surface area contributed by atoms with Gasteiger partial charge in [0.1, 0.15) is 10.6 Å². The van der Waals surface area contributed by atoms with Crippen molar-refractivity contribution >= 4 is 44.7 Å². The van der Waals surface area contributed by atoms with Crippen LogP contribution in [-0.4, -0.2) is 15.5 Å². The summed E-state index contributed by atoms with van der Waals surface area (Å²) in [7, 11) is 0. The molecule has 0 saturated carbocycles. The molecule has 0 radical (unpaired) electrons. The molecule has 5 nitrogen and oxygen atoms in total. The molecule has 0 spiro atoms. The van der Waals surface area contributed by atoms with Gasteiger partial charge in [0.15, 0.2) is 0 Å². The van der Waals surface area contributed by atoms with Gasteiger partial charge in [-0.3, -0.25) is 14.2 Å². The van der Waals surface area contributed by atoms with Crippen molar-refractivity contribution in [1.82, 2.24) is 9.55 Å². The number of rotatable bonds is 4. The molecule has 4 aromatic rings. The highest BCUT2D eigenvalue weighted by molar-refractivity contribution is 7.20. The first kappa shape index (κ1) is 19.3. The maximum Gasteiger partial charge on any atom is 0.266 e. The molecule has 0 unspecified atom stereocenters. The molecule has 0 saturated heterocycles. The highest BCUT2D eigenvalue weighted by Crippen LogP contribution is 2.28. The van der Waals surface area contributed by atoms with Gasteiger partial charge < -0.3 is 5.32 Å². The van der Waals surface area contributed by atoms with E-state index >= 15 is 0 Å². The molecule has 0 aliphatic heterocycles. The van der Waals surface area contributed by atoms with E-state index in [0.717, 1.165) is 11.3 Å². The molecule has 2 heterocycles. The first-order valence-electron chi connectivity index (χ1n) is 8.72. The molecule has 4 rings (SSSR count). The topological polar surface area (TPSA) is 64.0 Å². The molecular formula is C21H15ClFN3O2S. The van der Waals surface area contributed by atoms with Crippen LogP contribution in [0.5, 0.6) is 0 Å². The predicted octanol–water partition coefficient (Wildman–Crippen LogP) is 4.86. The van der Waals surface area contributed by atoms with Crippen molar-refractivity contribution in [2.24, 2.45) is 0 Å². The van der Waals surface area contributed by atoms with Crippen molar-refractivity contribution in [1.29, 1.82) is 0 Å². The molecule has 0 aliphatic rings. The number of carbonyl (C=O) groups is 1. The van der Waals surface area contributed by atoms with Gasteiger partial charge in [-0.2, -0.15) is 0 Å². The van der Waals surface area contributed by atoms with Crippen LogP contribution in [0.15, 0.2) is 59.7 Å². The lowest BCUT2D eigenvalue weighted by atomic mass is 10.2. The van der Waals surface area contributed by atoms with Crippen molar-refractivity contribution in [3.8, 4) is 0 Å². The Labute approximate surface area is 174 Å². The van der Waals surface area contributed by atoms with Crippen LogP contribution >= 0.6 is 22.9 Å². The molecule has 146 valence electrons. The van der Waals surface area contributed by atoms with Gasteiger partial charge in [0.25, 0.3) is 11.5 Å². The third kappa shape index (κ3) is 3.92. The number of hydrogen-bond acceptors (Lipinski definition) is 4. The van der Waals surface area contributed by atoms with Crippen LogP contribution < -0.4 is 10.9 Å². The first-order valence-corrected chi connectivity index (χ1v) is 9.92. The molecule has 29 heavy (non-hydrogen) atoms. The lowest BCUT2D eigenvalue weighted by Crippen LogP contribution is -2.21. The van der Waals surface area contributed by atoms with Crippen LogP contribution in [0.1, 0.15) is 20.8 Å². The minimum absolute atomic E-state index is 0.193. The maximum atomic E-state index is 13.4. The van der Waals surface area contributed by atoms with E-state index in [9.17, 15) is 14.0 Å². The normalized spacial score (nSPS) is 11.0. The molecule has 2 aromatic heterocycles. The zero-order valence-corrected chi connectivity index (χ0v) is 16.9. The second kappa shape index (κ2) is 7.77. The van der Waals surface area contributed by atoms with Crippen LogP contribution in [0.3, 0.4) is 0 Å². The van der Waals surface area contributed by atoms with Gasteiger partial charge in [0.05, 0.1) is 23.1 Å². The Hall–Kier alpha value is -3.03. The van der Waals surface area contributed by atoms with Crippen molar-refractivity contribution in [2.45, 2.75) is 13.5 Å². The molecule has 1 N–H and O–H groups in total. The van der Waals surface area contributed by atoms with E-state index in [-0.39, 0.29) is 23.8 Å². The van der Waals surface area contributed by atoms with E-state index < -0.39 is 0 Å². The monoisotopic (exact) mass is 427 g/mol. The summed E-state index contributed by atoms with van der Waals surface area (Å²) in [5, 5.41) is 3.70. The second-order valence-corrected chi connectivity index (χ2v) is 7.94. The number of benzene rings is 2. The predicted molar refractivity (Wildman–Crippen MR) is 114 cm³/mol. The number of amides is 1. The minimum Gasteiger partial charge on any atom is -0.321 e. The van der Waals surface area contributed by atoms with Gasteiger partial charge in [-0.25, -0.2) is 9.37 Å². The number of aryl methyl sites for hydroxylation is 1. The quantitative estimate of drug-likeness (QED) is 0.506. The Morgan fingerprint density at radius 3 is 2.79 bits per heavy atom. The maximum absolute atomic E-state index is 13.4. The molecule has 0 aliphatic carbocycles. The zero-order chi connectivity index (χ0) is 20.5. The van der Waals surface area contributed by atoms with Gasteiger partial charge >= 0.3 is 0 Å². The fraction of sp³-hybridized carbons (Fsp3) is 0.0952. The average Bonchev–Trinajstić information content (AvgIpc) is 3.01. The van der Waals surface area contributed by atoms with Gasteiger partial charge in [-0.1, -0.05) is 29.8 Å². The van der Waals surface area contributed by atoms with Crippen LogP contribution in [-0.2, 0) is 6.54 Å². The smallest absolute Gasteiger partial charge is 0.266 e. The molecule has 2 aromatic carbocycles. The van der Waals surface area contributed by atoms with Crippen LogP contribution in [0, 0.1) is 12.7 Å². The van der Waals surface area contributed by atoms with Crippen molar-refractivity contribution in [3.05, 3.63) is 92.1 Å². The fourth-order valence-corrected chi connectivity index (χ4v) is 4.30. The van der Waals surface area contributed by atoms with Crippen molar-refractivity contribution in [2.75, 3.05) is 5.32 Å². The number of nitrogens with zero attached hydrogens (tertiary/aromatic N) is 2. The Morgan fingerprint density at radius 2 is 2.03 bits per heavy atom. The molecule has 0 bridgehead atoms. The standard InChI is InChI=1S/C21H15ClFN3O2S/c1-12-17-20(29-18(12)19(27)25-16-7-3-5-14(22)9-16)24-11-26(21(17)28)10-13-4-2-6-15(23)8-13/h2-9,11H,10H2,1H3,(H,25,27). The third-order valence-electron chi connectivity index (χ3n) is 4.45. The minimum atomic E-state index is -0.365. The van der Waals surface area contributed by atoms with Crippen LogP contribution in [0.2, 0.25) is 5.02 Å². The van der Waals surface area contributed by atoms with Crippen molar-refractivity contribution in [3.63, 3.8) is 0 Å². The largest absolute Gasteiger partial charge is 0.321 e. The molecular weight excluding hydrogens is 413 g/mol. The highest BCUT2D eigenvalue weighted by atomic mass is 35.5. The van der Waals surface area contributed by atoms with Crippen molar-refractivity contribution < 1.29 is 9.18 Å². The van der Waals surface area contributed by atoms with Crippen LogP contribution in [0.4, 0.5) is 10.1 Å². The zero-order valence-electron chi connectivity index (χ0n) is 15.3. The summed E-state index contributed by atoms with van der Waals surface area (Å²) in [5.41, 5.74) is 1.52. The number of carbonyl (C=O) groups excluding carboxylic acids is 1. The number of thiophene rings is 1. The average molecular weight is 428 g/mol. The number of fused-ring (bicyclic) bond motifs is 1. The number of anilines is 1.